The zero-order valence-electron chi connectivity index (χ0n) is 20.3. The van der Waals surface area contributed by atoms with Crippen LogP contribution in [-0.2, 0) is 20.8 Å². The van der Waals surface area contributed by atoms with E-state index in [0.29, 0.717) is 11.3 Å². The van der Waals surface area contributed by atoms with Crippen molar-refractivity contribution < 1.29 is 23.9 Å². The lowest BCUT2D eigenvalue weighted by Crippen LogP contribution is -2.42. The minimum absolute atomic E-state index is 0.00230. The van der Waals surface area contributed by atoms with Crippen molar-refractivity contribution in [3.63, 3.8) is 0 Å². The summed E-state index contributed by atoms with van der Waals surface area (Å²) in [4.78, 5) is 68.5. The fraction of sp³-hybridized carbons (Fsp3) is 0.292. The summed E-state index contributed by atoms with van der Waals surface area (Å²) in [6.45, 7) is 4.12. The van der Waals surface area contributed by atoms with Crippen LogP contribution in [0.25, 0.3) is 0 Å². The number of carbonyl (C=O) groups is 3. The van der Waals surface area contributed by atoms with Crippen molar-refractivity contribution >= 4 is 29.4 Å². The smallest absolute Gasteiger partial charge is 0.355 e. The number of rotatable bonds is 8. The number of hydrogen-bond donors (Lipinski definition) is 3. The topological polar surface area (TPSA) is 170 Å². The van der Waals surface area contributed by atoms with E-state index < -0.39 is 35.7 Å². The molecule has 0 fully saturated rings. The van der Waals surface area contributed by atoms with Gasteiger partial charge in [-0.3, -0.25) is 19.1 Å². The fourth-order valence-electron chi connectivity index (χ4n) is 3.86. The lowest BCUT2D eigenvalue weighted by atomic mass is 10.1. The molecule has 3 aromatic rings. The largest absolute Gasteiger partial charge is 0.465 e. The Hall–Kier alpha value is -4.61. The summed E-state index contributed by atoms with van der Waals surface area (Å²) >= 11 is 0. The number of aryl methyl sites for hydroxylation is 1. The number of carbonyl (C=O) groups excluding carboxylic acids is 3. The van der Waals surface area contributed by atoms with Crippen LogP contribution in [0.5, 0.6) is 0 Å². The number of H-pyrrole nitrogens is 2. The Bertz CT molecular complexity index is 1420. The Balaban J connectivity index is 1.84. The van der Waals surface area contributed by atoms with Crippen LogP contribution in [-0.4, -0.2) is 52.6 Å². The van der Waals surface area contributed by atoms with Gasteiger partial charge in [-0.15, -0.1) is 0 Å². The lowest BCUT2D eigenvalue weighted by Gasteiger charge is -2.23. The van der Waals surface area contributed by atoms with Gasteiger partial charge in [0.05, 0.1) is 19.2 Å². The maximum Gasteiger partial charge on any atom is 0.355 e. The van der Waals surface area contributed by atoms with Crippen molar-refractivity contribution in [2.45, 2.75) is 27.3 Å². The summed E-state index contributed by atoms with van der Waals surface area (Å²) in [5, 5.41) is 0. The zero-order valence-corrected chi connectivity index (χ0v) is 20.3. The fourth-order valence-corrected chi connectivity index (χ4v) is 3.86. The number of aromatic amines is 2. The number of likely N-dealkylation sites (N-methyl/N-ethyl adjacent to an activating group) is 1. The Labute approximate surface area is 205 Å². The molecule has 36 heavy (non-hydrogen) atoms. The van der Waals surface area contributed by atoms with Gasteiger partial charge in [0, 0.05) is 12.2 Å². The molecule has 0 saturated carbocycles. The number of amides is 1. The number of hydrogen-bond acceptors (Lipinski definition) is 8. The lowest BCUT2D eigenvalue weighted by molar-refractivity contribution is -0.121. The summed E-state index contributed by atoms with van der Waals surface area (Å²) in [6, 6.07) is 8.98. The molecule has 0 bridgehead atoms. The van der Waals surface area contributed by atoms with Gasteiger partial charge in [-0.2, -0.15) is 0 Å². The molecule has 2 aromatic heterocycles. The Morgan fingerprint density at radius 1 is 1.06 bits per heavy atom. The van der Waals surface area contributed by atoms with Crippen LogP contribution in [0.1, 0.15) is 44.6 Å². The maximum absolute atomic E-state index is 12.9. The van der Waals surface area contributed by atoms with Crippen molar-refractivity contribution in [3.05, 3.63) is 79.2 Å². The van der Waals surface area contributed by atoms with E-state index in [9.17, 15) is 24.0 Å². The molecule has 0 atom stereocenters. The van der Waals surface area contributed by atoms with Gasteiger partial charge in [-0.05, 0) is 31.9 Å². The van der Waals surface area contributed by atoms with Crippen LogP contribution in [0, 0.1) is 13.8 Å². The Morgan fingerprint density at radius 2 is 1.72 bits per heavy atom. The number of nitrogens with one attached hydrogen (secondary N) is 2. The second-order valence-electron chi connectivity index (χ2n) is 7.90. The molecule has 0 aliphatic rings. The quantitative estimate of drug-likeness (QED) is 0.389. The highest BCUT2D eigenvalue weighted by atomic mass is 16.5. The molecule has 0 radical (unpaired) electrons. The van der Waals surface area contributed by atoms with E-state index in [-0.39, 0.29) is 35.9 Å². The summed E-state index contributed by atoms with van der Waals surface area (Å²) in [7, 11) is 1.22. The highest BCUT2D eigenvalue weighted by Crippen LogP contribution is 2.21. The van der Waals surface area contributed by atoms with E-state index >= 15 is 0 Å². The van der Waals surface area contributed by atoms with Crippen LogP contribution in [0.2, 0.25) is 0 Å². The van der Waals surface area contributed by atoms with Crippen LogP contribution < -0.4 is 21.9 Å². The molecule has 190 valence electrons. The van der Waals surface area contributed by atoms with E-state index in [1.165, 1.54) is 7.11 Å². The monoisotopic (exact) mass is 497 g/mol. The molecule has 0 aliphatic heterocycles. The molecule has 12 heteroatoms. The first-order valence-electron chi connectivity index (χ1n) is 11.0. The average Bonchev–Trinajstić information content (AvgIpc) is 3.16. The van der Waals surface area contributed by atoms with E-state index in [4.69, 9.17) is 15.2 Å². The Morgan fingerprint density at radius 3 is 2.33 bits per heavy atom. The third kappa shape index (κ3) is 5.06. The zero-order chi connectivity index (χ0) is 26.6. The summed E-state index contributed by atoms with van der Waals surface area (Å²) in [6.07, 6.45) is 0. The molecule has 0 aliphatic carbocycles. The maximum atomic E-state index is 12.9. The molecule has 0 saturated heterocycles. The number of aromatic nitrogens is 3. The van der Waals surface area contributed by atoms with Gasteiger partial charge >= 0.3 is 17.6 Å². The van der Waals surface area contributed by atoms with Crippen molar-refractivity contribution in [1.29, 1.82) is 0 Å². The molecule has 1 amide bonds. The van der Waals surface area contributed by atoms with E-state index in [2.05, 4.69) is 9.97 Å². The van der Waals surface area contributed by atoms with Crippen LogP contribution in [0.4, 0.5) is 11.5 Å². The second-order valence-corrected chi connectivity index (χ2v) is 7.90. The van der Waals surface area contributed by atoms with Crippen LogP contribution in [0.3, 0.4) is 0 Å². The third-order valence-corrected chi connectivity index (χ3v) is 5.64. The van der Waals surface area contributed by atoms with Gasteiger partial charge in [0.1, 0.15) is 11.5 Å². The molecule has 3 rings (SSSR count). The number of esters is 2. The predicted molar refractivity (Wildman–Crippen MR) is 131 cm³/mol. The summed E-state index contributed by atoms with van der Waals surface area (Å²) in [5.74, 6) is -2.42. The number of ether oxygens (including phenoxy) is 2. The van der Waals surface area contributed by atoms with Gasteiger partial charge in [-0.1, -0.05) is 30.3 Å². The SMILES string of the molecule is CCN(C(=O)COC(=O)c1[nH]c(C)c(C(=O)OC)c1C)c1c(N)n(Cc2ccccc2)c(=O)[nH]c1=O. The minimum Gasteiger partial charge on any atom is -0.465 e. The van der Waals surface area contributed by atoms with Gasteiger partial charge in [0.15, 0.2) is 12.3 Å². The van der Waals surface area contributed by atoms with E-state index in [0.717, 1.165) is 15.0 Å². The molecular weight excluding hydrogens is 470 g/mol. The Kier molecular flexibility index (Phi) is 7.77. The molecule has 1 aromatic carbocycles. The first kappa shape index (κ1) is 26.0. The standard InChI is InChI=1S/C24H27N5O7/c1-5-28(16(30)12-36-23(33)18-13(2)17(14(3)26-18)22(32)35-4)19-20(25)29(24(34)27-21(19)31)11-15-9-7-6-8-10-15/h6-10,26H,5,11-12,25H2,1-4H3,(H,27,31,34). The van der Waals surface area contributed by atoms with Crippen molar-refractivity contribution in [3.8, 4) is 0 Å². The highest BCUT2D eigenvalue weighted by molar-refractivity contribution is 6.00. The summed E-state index contributed by atoms with van der Waals surface area (Å²) in [5.41, 5.74) is 6.06. The minimum atomic E-state index is -0.869. The number of nitrogen functional groups attached to an aromatic ring is 1. The third-order valence-electron chi connectivity index (χ3n) is 5.64. The first-order valence-corrected chi connectivity index (χ1v) is 11.0. The van der Waals surface area contributed by atoms with Crippen molar-refractivity contribution in [1.82, 2.24) is 14.5 Å². The highest BCUT2D eigenvalue weighted by Gasteiger charge is 2.27. The van der Waals surface area contributed by atoms with Gasteiger partial charge in [0.2, 0.25) is 0 Å². The second kappa shape index (κ2) is 10.8. The van der Waals surface area contributed by atoms with Crippen LogP contribution >= 0.6 is 0 Å². The van der Waals surface area contributed by atoms with Crippen molar-refractivity contribution in [2.24, 2.45) is 0 Å². The predicted octanol–water partition coefficient (Wildman–Crippen LogP) is 1.11. The van der Waals surface area contributed by atoms with Crippen LogP contribution in [0.15, 0.2) is 39.9 Å². The molecule has 12 nitrogen and oxygen atoms in total. The normalized spacial score (nSPS) is 10.7. The number of nitrogens with zero attached hydrogens (tertiary/aromatic N) is 2. The van der Waals surface area contributed by atoms with Gasteiger partial charge < -0.3 is 25.1 Å². The van der Waals surface area contributed by atoms with E-state index in [1.54, 1.807) is 45.0 Å². The summed E-state index contributed by atoms with van der Waals surface area (Å²) < 4.78 is 11.0. The van der Waals surface area contributed by atoms with Gasteiger partial charge in [-0.25, -0.2) is 14.4 Å². The molecule has 0 unspecified atom stereocenters. The van der Waals surface area contributed by atoms with Crippen molar-refractivity contribution in [2.75, 3.05) is 30.9 Å². The molecule has 0 spiro atoms. The average molecular weight is 498 g/mol. The molecule has 4 N–H and O–H groups in total. The molecular formula is C24H27N5O7. The number of anilines is 2. The number of methoxy groups -OCH3 is 1. The number of nitrogens with two attached hydrogens (primary N) is 1. The van der Waals surface area contributed by atoms with E-state index in [1.807, 2.05) is 6.07 Å². The van der Waals surface area contributed by atoms with Gasteiger partial charge in [0.25, 0.3) is 11.5 Å². The number of benzene rings is 1. The molecule has 2 heterocycles. The first-order chi connectivity index (χ1) is 17.1.